The number of hydrogen-bond acceptors (Lipinski definition) is 2. The van der Waals surface area contributed by atoms with Crippen LogP contribution in [0.4, 0.5) is 0 Å². The Morgan fingerprint density at radius 3 is 2.61 bits per heavy atom. The van der Waals surface area contributed by atoms with Crippen LogP contribution in [0.3, 0.4) is 0 Å². The average molecular weight is 238 g/mol. The molecule has 2 nitrogen and oxygen atoms in total. The van der Waals surface area contributed by atoms with E-state index >= 15 is 0 Å². The third-order valence-electron chi connectivity index (χ3n) is 3.20. The van der Waals surface area contributed by atoms with Crippen molar-refractivity contribution in [3.8, 4) is 0 Å². The highest BCUT2D eigenvalue weighted by Crippen LogP contribution is 2.22. The monoisotopic (exact) mass is 238 g/mol. The first kappa shape index (κ1) is 11.0. The molecule has 0 N–H and O–H groups in total. The van der Waals surface area contributed by atoms with Crippen LogP contribution in [0.1, 0.15) is 18.9 Å². The minimum atomic E-state index is 0.0600. The second kappa shape index (κ2) is 4.30. The molecule has 0 saturated heterocycles. The van der Waals surface area contributed by atoms with Crippen molar-refractivity contribution in [1.82, 2.24) is 0 Å². The third kappa shape index (κ3) is 1.61. The standard InChI is InChI=1S/C16H14O2/c1-2-6-11-7-5-9-13-15(17)12-8-3-4-10-14(12)18-16(11)13/h3-5,7-10H,2,6H2,1H3. The molecule has 0 spiro atoms. The third-order valence-corrected chi connectivity index (χ3v) is 3.20. The summed E-state index contributed by atoms with van der Waals surface area (Å²) in [5.74, 6) is 0. The van der Waals surface area contributed by atoms with Crippen LogP contribution in [0.15, 0.2) is 51.7 Å². The molecule has 18 heavy (non-hydrogen) atoms. The first-order valence-electron chi connectivity index (χ1n) is 6.24. The van der Waals surface area contributed by atoms with Crippen molar-refractivity contribution in [2.75, 3.05) is 0 Å². The summed E-state index contributed by atoms with van der Waals surface area (Å²) in [5.41, 5.74) is 2.57. The molecule has 3 aromatic rings. The SMILES string of the molecule is CCCc1cccc2c(=O)c3ccccc3oc12. The van der Waals surface area contributed by atoms with Crippen LogP contribution < -0.4 is 5.43 Å². The maximum Gasteiger partial charge on any atom is 0.200 e. The van der Waals surface area contributed by atoms with Gasteiger partial charge in [-0.2, -0.15) is 0 Å². The number of aryl methyl sites for hydroxylation is 1. The summed E-state index contributed by atoms with van der Waals surface area (Å²) in [6.07, 6.45) is 1.97. The molecule has 1 aromatic heterocycles. The Morgan fingerprint density at radius 1 is 1.00 bits per heavy atom. The molecular weight excluding hydrogens is 224 g/mol. The van der Waals surface area contributed by atoms with Crippen molar-refractivity contribution in [2.45, 2.75) is 19.8 Å². The first-order chi connectivity index (χ1) is 8.81. The summed E-state index contributed by atoms with van der Waals surface area (Å²) in [6.45, 7) is 2.12. The highest BCUT2D eigenvalue weighted by Gasteiger charge is 2.09. The molecule has 0 radical (unpaired) electrons. The van der Waals surface area contributed by atoms with Gasteiger partial charge in [0.25, 0.3) is 0 Å². The van der Waals surface area contributed by atoms with Crippen LogP contribution >= 0.6 is 0 Å². The summed E-state index contributed by atoms with van der Waals surface area (Å²) in [4.78, 5) is 12.4. The Hall–Kier alpha value is -2.09. The van der Waals surface area contributed by atoms with E-state index in [0.29, 0.717) is 16.4 Å². The predicted molar refractivity (Wildman–Crippen MR) is 74.0 cm³/mol. The van der Waals surface area contributed by atoms with Crippen LogP contribution in [-0.2, 0) is 6.42 Å². The van der Waals surface area contributed by atoms with Crippen LogP contribution in [0.5, 0.6) is 0 Å². The lowest BCUT2D eigenvalue weighted by atomic mass is 10.1. The lowest BCUT2D eigenvalue weighted by Gasteiger charge is -2.05. The molecular formula is C16H14O2. The molecule has 0 amide bonds. The normalized spacial score (nSPS) is 11.2. The molecule has 0 atom stereocenters. The number of fused-ring (bicyclic) bond motifs is 2. The highest BCUT2D eigenvalue weighted by atomic mass is 16.3. The van der Waals surface area contributed by atoms with Crippen molar-refractivity contribution in [2.24, 2.45) is 0 Å². The molecule has 3 rings (SSSR count). The minimum absolute atomic E-state index is 0.0600. The quantitative estimate of drug-likeness (QED) is 0.634. The van der Waals surface area contributed by atoms with E-state index in [9.17, 15) is 4.79 Å². The Balaban J connectivity index is 2.47. The van der Waals surface area contributed by atoms with E-state index in [-0.39, 0.29) is 5.43 Å². The summed E-state index contributed by atoms with van der Waals surface area (Å²) in [5, 5.41) is 1.33. The van der Waals surface area contributed by atoms with E-state index in [0.717, 1.165) is 24.0 Å². The predicted octanol–water partition coefficient (Wildman–Crippen LogP) is 3.90. The van der Waals surface area contributed by atoms with Crippen molar-refractivity contribution in [3.63, 3.8) is 0 Å². The molecule has 0 aliphatic rings. The fraction of sp³-hybridized carbons (Fsp3) is 0.188. The van der Waals surface area contributed by atoms with Crippen molar-refractivity contribution in [3.05, 3.63) is 58.3 Å². The first-order valence-corrected chi connectivity index (χ1v) is 6.24. The van der Waals surface area contributed by atoms with Gasteiger partial charge in [-0.15, -0.1) is 0 Å². The average Bonchev–Trinajstić information content (AvgIpc) is 2.40. The highest BCUT2D eigenvalue weighted by molar-refractivity contribution is 5.90. The molecule has 90 valence electrons. The Labute approximate surface area is 105 Å². The largest absolute Gasteiger partial charge is 0.456 e. The lowest BCUT2D eigenvalue weighted by Crippen LogP contribution is -2.03. The van der Waals surface area contributed by atoms with Crippen LogP contribution in [0, 0.1) is 0 Å². The lowest BCUT2D eigenvalue weighted by molar-refractivity contribution is 0.652. The van der Waals surface area contributed by atoms with Gasteiger partial charge in [-0.05, 0) is 30.2 Å². The molecule has 0 aliphatic carbocycles. The molecule has 0 bridgehead atoms. The van der Waals surface area contributed by atoms with Gasteiger partial charge in [-0.3, -0.25) is 4.79 Å². The summed E-state index contributed by atoms with van der Waals surface area (Å²) in [7, 11) is 0. The van der Waals surface area contributed by atoms with E-state index < -0.39 is 0 Å². The molecule has 2 heteroatoms. The Morgan fingerprint density at radius 2 is 1.78 bits per heavy atom. The van der Waals surface area contributed by atoms with Gasteiger partial charge in [0.2, 0.25) is 5.43 Å². The molecule has 2 aromatic carbocycles. The van der Waals surface area contributed by atoms with Crippen molar-refractivity contribution >= 4 is 21.9 Å². The molecule has 0 unspecified atom stereocenters. The van der Waals surface area contributed by atoms with Crippen molar-refractivity contribution < 1.29 is 4.42 Å². The van der Waals surface area contributed by atoms with Gasteiger partial charge in [0.15, 0.2) is 0 Å². The van der Waals surface area contributed by atoms with E-state index in [2.05, 4.69) is 6.92 Å². The van der Waals surface area contributed by atoms with Crippen molar-refractivity contribution in [1.29, 1.82) is 0 Å². The van der Waals surface area contributed by atoms with Crippen LogP contribution in [0.25, 0.3) is 21.9 Å². The fourth-order valence-electron chi connectivity index (χ4n) is 2.35. The Bertz CT molecular complexity index is 769. The maximum absolute atomic E-state index is 12.4. The zero-order valence-electron chi connectivity index (χ0n) is 10.3. The van der Waals surface area contributed by atoms with Gasteiger partial charge in [0.1, 0.15) is 11.2 Å². The van der Waals surface area contributed by atoms with Gasteiger partial charge in [0.05, 0.1) is 10.8 Å². The number of rotatable bonds is 2. The molecule has 0 aliphatic heterocycles. The summed E-state index contributed by atoms with van der Waals surface area (Å²) < 4.78 is 5.91. The second-order valence-corrected chi connectivity index (χ2v) is 4.47. The fourth-order valence-corrected chi connectivity index (χ4v) is 2.35. The molecule has 1 heterocycles. The number of hydrogen-bond donors (Lipinski definition) is 0. The van der Waals surface area contributed by atoms with E-state index in [1.165, 1.54) is 0 Å². The maximum atomic E-state index is 12.4. The van der Waals surface area contributed by atoms with E-state index in [1.54, 1.807) is 0 Å². The zero-order valence-corrected chi connectivity index (χ0v) is 10.3. The van der Waals surface area contributed by atoms with Gasteiger partial charge in [-0.25, -0.2) is 0 Å². The summed E-state index contributed by atoms with van der Waals surface area (Å²) in [6, 6.07) is 13.2. The van der Waals surface area contributed by atoms with E-state index in [1.807, 2.05) is 42.5 Å². The second-order valence-electron chi connectivity index (χ2n) is 4.47. The van der Waals surface area contributed by atoms with Gasteiger partial charge >= 0.3 is 0 Å². The van der Waals surface area contributed by atoms with Gasteiger partial charge in [0, 0.05) is 0 Å². The van der Waals surface area contributed by atoms with E-state index in [4.69, 9.17) is 4.42 Å². The molecule has 0 saturated carbocycles. The minimum Gasteiger partial charge on any atom is -0.456 e. The number of benzene rings is 2. The zero-order chi connectivity index (χ0) is 12.5. The van der Waals surface area contributed by atoms with Crippen LogP contribution in [-0.4, -0.2) is 0 Å². The van der Waals surface area contributed by atoms with Gasteiger partial charge < -0.3 is 4.42 Å². The smallest absolute Gasteiger partial charge is 0.200 e. The Kier molecular flexibility index (Phi) is 2.63. The van der Waals surface area contributed by atoms with Crippen LogP contribution in [0.2, 0.25) is 0 Å². The summed E-state index contributed by atoms with van der Waals surface area (Å²) >= 11 is 0. The molecule has 0 fully saturated rings. The topological polar surface area (TPSA) is 30.2 Å². The van der Waals surface area contributed by atoms with Gasteiger partial charge in [-0.1, -0.05) is 37.6 Å². The number of para-hydroxylation sites is 2.